The number of amides is 1. The van der Waals surface area contributed by atoms with E-state index in [9.17, 15) is 9.59 Å². The molecule has 146 valence electrons. The number of anilines is 1. The van der Waals surface area contributed by atoms with Gasteiger partial charge < -0.3 is 10.1 Å². The van der Waals surface area contributed by atoms with Crippen molar-refractivity contribution in [1.82, 2.24) is 9.78 Å². The molecule has 0 bridgehead atoms. The largest absolute Gasteiger partial charge is 0.449 e. The topological polar surface area (TPSA) is 73.2 Å². The molecule has 0 saturated carbocycles. The van der Waals surface area contributed by atoms with Crippen LogP contribution in [0.2, 0.25) is 5.15 Å². The van der Waals surface area contributed by atoms with Gasteiger partial charge in [-0.3, -0.25) is 9.48 Å². The van der Waals surface area contributed by atoms with Crippen molar-refractivity contribution >= 4 is 29.2 Å². The van der Waals surface area contributed by atoms with E-state index in [-0.39, 0.29) is 10.7 Å². The van der Waals surface area contributed by atoms with Gasteiger partial charge in [0.1, 0.15) is 10.7 Å². The minimum Gasteiger partial charge on any atom is -0.449 e. The predicted octanol–water partition coefficient (Wildman–Crippen LogP) is 4.39. The summed E-state index contributed by atoms with van der Waals surface area (Å²) in [5.41, 5.74) is 2.53. The van der Waals surface area contributed by atoms with Gasteiger partial charge in [0.25, 0.3) is 5.91 Å². The van der Waals surface area contributed by atoms with Gasteiger partial charge in [-0.05, 0) is 44.4 Å². The van der Waals surface area contributed by atoms with Crippen LogP contribution in [0.1, 0.15) is 55.2 Å². The van der Waals surface area contributed by atoms with E-state index >= 15 is 0 Å². The summed E-state index contributed by atoms with van der Waals surface area (Å²) in [4.78, 5) is 24.8. The molecular weight excluding hydrogens is 366 g/mol. The predicted molar refractivity (Wildman–Crippen MR) is 106 cm³/mol. The van der Waals surface area contributed by atoms with E-state index in [4.69, 9.17) is 16.3 Å². The maximum absolute atomic E-state index is 12.5. The summed E-state index contributed by atoms with van der Waals surface area (Å²) >= 11 is 6.28. The zero-order valence-electron chi connectivity index (χ0n) is 16.2. The van der Waals surface area contributed by atoms with E-state index in [0.29, 0.717) is 17.9 Å². The molecule has 0 aliphatic heterocycles. The van der Waals surface area contributed by atoms with E-state index < -0.39 is 18.0 Å². The van der Waals surface area contributed by atoms with Crippen molar-refractivity contribution < 1.29 is 14.3 Å². The number of esters is 1. The number of benzene rings is 1. The molecule has 0 fully saturated rings. The van der Waals surface area contributed by atoms with Crippen LogP contribution in [0.15, 0.2) is 24.3 Å². The van der Waals surface area contributed by atoms with Gasteiger partial charge in [0.2, 0.25) is 0 Å². The molecule has 1 heterocycles. The molecule has 0 unspecified atom stereocenters. The van der Waals surface area contributed by atoms with Gasteiger partial charge in [-0.1, -0.05) is 44.0 Å². The number of nitrogens with one attached hydrogen (secondary N) is 1. The molecule has 1 N–H and O–H groups in total. The van der Waals surface area contributed by atoms with Crippen LogP contribution in [0.4, 0.5) is 5.69 Å². The molecule has 1 aromatic heterocycles. The number of hydrogen-bond donors (Lipinski definition) is 1. The third kappa shape index (κ3) is 5.32. The van der Waals surface area contributed by atoms with Crippen LogP contribution in [-0.2, 0) is 22.5 Å². The molecule has 1 amide bonds. The number of aryl methyl sites for hydroxylation is 3. The lowest BCUT2D eigenvalue weighted by molar-refractivity contribution is -0.123. The van der Waals surface area contributed by atoms with Crippen LogP contribution in [0.3, 0.4) is 0 Å². The Labute approximate surface area is 164 Å². The SMILES string of the molecule is CCCCn1nc(C)c(C(=O)O[C@H](C)C(=O)Nc2ccc(CC)cc2)c1Cl. The number of ether oxygens (including phenoxy) is 1. The van der Waals surface area contributed by atoms with Crippen LogP contribution in [0.5, 0.6) is 0 Å². The summed E-state index contributed by atoms with van der Waals surface area (Å²) in [6.45, 7) is 7.98. The van der Waals surface area contributed by atoms with Crippen LogP contribution in [-0.4, -0.2) is 27.8 Å². The quantitative estimate of drug-likeness (QED) is 0.677. The molecule has 1 atom stereocenters. The van der Waals surface area contributed by atoms with Crippen LogP contribution in [0, 0.1) is 6.92 Å². The highest BCUT2D eigenvalue weighted by Gasteiger charge is 2.25. The Morgan fingerprint density at radius 2 is 1.93 bits per heavy atom. The number of rotatable bonds is 8. The van der Waals surface area contributed by atoms with Gasteiger partial charge in [-0.2, -0.15) is 5.10 Å². The maximum Gasteiger partial charge on any atom is 0.343 e. The minimum absolute atomic E-state index is 0.208. The van der Waals surface area contributed by atoms with Gasteiger partial charge >= 0.3 is 5.97 Å². The van der Waals surface area contributed by atoms with Gasteiger partial charge in [0.05, 0.1) is 5.69 Å². The zero-order valence-corrected chi connectivity index (χ0v) is 17.0. The molecule has 0 spiro atoms. The fourth-order valence-electron chi connectivity index (χ4n) is 2.58. The summed E-state index contributed by atoms with van der Waals surface area (Å²) in [5, 5.41) is 7.27. The molecule has 2 rings (SSSR count). The third-order valence-electron chi connectivity index (χ3n) is 4.28. The first-order valence-electron chi connectivity index (χ1n) is 9.21. The highest BCUT2D eigenvalue weighted by atomic mass is 35.5. The lowest BCUT2D eigenvalue weighted by atomic mass is 10.1. The van der Waals surface area contributed by atoms with Gasteiger partial charge in [-0.25, -0.2) is 4.79 Å². The Morgan fingerprint density at radius 3 is 2.52 bits per heavy atom. The monoisotopic (exact) mass is 391 g/mol. The van der Waals surface area contributed by atoms with Crippen molar-refractivity contribution in [2.45, 2.75) is 59.6 Å². The minimum atomic E-state index is -0.960. The third-order valence-corrected chi connectivity index (χ3v) is 4.66. The second-order valence-electron chi connectivity index (χ2n) is 6.42. The number of carbonyl (C=O) groups is 2. The highest BCUT2D eigenvalue weighted by Crippen LogP contribution is 2.22. The summed E-state index contributed by atoms with van der Waals surface area (Å²) in [7, 11) is 0. The molecular formula is C20H26ClN3O3. The molecule has 7 heteroatoms. The number of carbonyl (C=O) groups excluding carboxylic acids is 2. The fraction of sp³-hybridized carbons (Fsp3) is 0.450. The molecule has 6 nitrogen and oxygen atoms in total. The molecule has 0 radical (unpaired) electrons. The summed E-state index contributed by atoms with van der Waals surface area (Å²) in [6, 6.07) is 7.54. The van der Waals surface area contributed by atoms with Crippen LogP contribution >= 0.6 is 11.6 Å². The Bertz CT molecular complexity index is 800. The van der Waals surface area contributed by atoms with Crippen molar-refractivity contribution in [1.29, 1.82) is 0 Å². The van der Waals surface area contributed by atoms with Gasteiger partial charge in [0.15, 0.2) is 6.10 Å². The molecule has 2 aromatic rings. The Morgan fingerprint density at radius 1 is 1.26 bits per heavy atom. The highest BCUT2D eigenvalue weighted by molar-refractivity contribution is 6.32. The summed E-state index contributed by atoms with van der Waals surface area (Å²) < 4.78 is 6.90. The smallest absolute Gasteiger partial charge is 0.343 e. The first kappa shape index (κ1) is 21.0. The normalized spacial score (nSPS) is 11.9. The van der Waals surface area contributed by atoms with Crippen molar-refractivity contribution in [2.24, 2.45) is 0 Å². The summed E-state index contributed by atoms with van der Waals surface area (Å²) in [6.07, 6.45) is 1.86. The average Bonchev–Trinajstić information content (AvgIpc) is 2.93. The van der Waals surface area contributed by atoms with Crippen molar-refractivity contribution in [3.63, 3.8) is 0 Å². The molecule has 0 saturated heterocycles. The second kappa shape index (κ2) is 9.55. The van der Waals surface area contributed by atoms with E-state index in [1.165, 1.54) is 12.5 Å². The van der Waals surface area contributed by atoms with E-state index in [1.807, 2.05) is 24.3 Å². The lowest BCUT2D eigenvalue weighted by Gasteiger charge is -2.14. The second-order valence-corrected chi connectivity index (χ2v) is 6.77. The number of halogens is 1. The van der Waals surface area contributed by atoms with Gasteiger partial charge in [-0.15, -0.1) is 0 Å². The van der Waals surface area contributed by atoms with Crippen LogP contribution < -0.4 is 5.32 Å². The zero-order chi connectivity index (χ0) is 20.0. The molecule has 27 heavy (non-hydrogen) atoms. The van der Waals surface area contributed by atoms with Crippen molar-refractivity contribution in [3.05, 3.63) is 46.2 Å². The lowest BCUT2D eigenvalue weighted by Crippen LogP contribution is -2.30. The first-order valence-corrected chi connectivity index (χ1v) is 9.58. The van der Waals surface area contributed by atoms with Crippen molar-refractivity contribution in [2.75, 3.05) is 5.32 Å². The standard InChI is InChI=1S/C20H26ClN3O3/c1-5-7-12-24-18(21)17(13(3)23-24)20(26)27-14(4)19(25)22-16-10-8-15(6-2)9-11-16/h8-11,14H,5-7,12H2,1-4H3,(H,22,25)/t14-/m1/s1. The molecule has 1 aromatic carbocycles. The Hall–Kier alpha value is -2.34. The number of aromatic nitrogens is 2. The maximum atomic E-state index is 12.5. The Kier molecular flexibility index (Phi) is 7.42. The van der Waals surface area contributed by atoms with E-state index in [1.54, 1.807) is 11.6 Å². The number of hydrogen-bond acceptors (Lipinski definition) is 4. The Balaban J connectivity index is 2.01. The average molecular weight is 392 g/mol. The van der Waals surface area contributed by atoms with Crippen molar-refractivity contribution in [3.8, 4) is 0 Å². The van der Waals surface area contributed by atoms with E-state index in [2.05, 4.69) is 24.3 Å². The van der Waals surface area contributed by atoms with E-state index in [0.717, 1.165) is 19.3 Å². The van der Waals surface area contributed by atoms with Gasteiger partial charge in [0, 0.05) is 12.2 Å². The number of nitrogens with zero attached hydrogens (tertiary/aromatic N) is 2. The molecule has 0 aliphatic carbocycles. The molecule has 0 aliphatic rings. The summed E-state index contributed by atoms with van der Waals surface area (Å²) in [5.74, 6) is -1.05. The van der Waals surface area contributed by atoms with Crippen LogP contribution in [0.25, 0.3) is 0 Å². The first-order chi connectivity index (χ1) is 12.9. The number of unbranched alkanes of at least 4 members (excludes halogenated alkanes) is 1. The fourth-order valence-corrected chi connectivity index (χ4v) is 2.92.